The van der Waals surface area contributed by atoms with Gasteiger partial charge in [0.05, 0.1) is 30.3 Å². The molecule has 1 heterocycles. The lowest BCUT2D eigenvalue weighted by atomic mass is 10.1. The molecule has 0 unspecified atom stereocenters. The number of nitrogens with zero attached hydrogens (tertiary/aromatic N) is 2. The Morgan fingerprint density at radius 2 is 1.74 bits per heavy atom. The van der Waals surface area contributed by atoms with Crippen molar-refractivity contribution in [1.29, 1.82) is 0 Å². The van der Waals surface area contributed by atoms with Crippen LogP contribution in [0.2, 0.25) is 0 Å². The number of carbonyl (C=O) groups is 1. The van der Waals surface area contributed by atoms with Crippen molar-refractivity contribution in [3.8, 4) is 5.75 Å². The van der Waals surface area contributed by atoms with Crippen LogP contribution in [-0.2, 0) is 17.8 Å². The van der Waals surface area contributed by atoms with E-state index in [1.807, 2.05) is 30.3 Å². The first-order valence-corrected chi connectivity index (χ1v) is 11.8. The van der Waals surface area contributed by atoms with Crippen molar-refractivity contribution in [2.24, 2.45) is 0 Å². The average molecular weight is 478 g/mol. The molecule has 0 atom stereocenters. The number of benzene rings is 3. The van der Waals surface area contributed by atoms with E-state index in [-0.39, 0.29) is 29.6 Å². The van der Waals surface area contributed by atoms with Crippen LogP contribution in [0.1, 0.15) is 11.1 Å². The average Bonchev–Trinajstić information content (AvgIpc) is 2.86. The van der Waals surface area contributed by atoms with Crippen molar-refractivity contribution >= 4 is 28.6 Å². The third-order valence-corrected chi connectivity index (χ3v) is 6.28. The first kappa shape index (κ1) is 23.5. The molecule has 1 amide bonds. The minimum atomic E-state index is -0.339. The normalized spacial score (nSPS) is 10.9. The van der Waals surface area contributed by atoms with Crippen LogP contribution in [0.15, 0.2) is 82.7 Å². The van der Waals surface area contributed by atoms with E-state index < -0.39 is 0 Å². The van der Waals surface area contributed by atoms with Gasteiger partial charge in [0.15, 0.2) is 5.16 Å². The summed E-state index contributed by atoms with van der Waals surface area (Å²) in [5.74, 6) is 0.429. The van der Waals surface area contributed by atoms with Crippen molar-refractivity contribution in [2.75, 3.05) is 19.4 Å². The first-order chi connectivity index (χ1) is 16.5. The van der Waals surface area contributed by atoms with Gasteiger partial charge in [-0.05, 0) is 53.9 Å². The number of aromatic nitrogens is 2. The Morgan fingerprint density at radius 1 is 1.03 bits per heavy atom. The Labute approximate surface area is 200 Å². The Bertz CT molecular complexity index is 1340. The monoisotopic (exact) mass is 477 g/mol. The highest BCUT2D eigenvalue weighted by Crippen LogP contribution is 2.19. The van der Waals surface area contributed by atoms with Gasteiger partial charge in [0.1, 0.15) is 11.6 Å². The van der Waals surface area contributed by atoms with Gasteiger partial charge < -0.3 is 10.1 Å². The topological polar surface area (TPSA) is 73.2 Å². The number of methoxy groups -OCH3 is 1. The second-order valence-corrected chi connectivity index (χ2v) is 8.61. The number of carbonyl (C=O) groups excluding carboxylic acids is 1. The summed E-state index contributed by atoms with van der Waals surface area (Å²) in [6.07, 6.45) is 0.698. The minimum Gasteiger partial charge on any atom is -0.497 e. The lowest BCUT2D eigenvalue weighted by Crippen LogP contribution is -2.28. The molecule has 0 aliphatic rings. The van der Waals surface area contributed by atoms with Crippen molar-refractivity contribution in [2.45, 2.75) is 18.1 Å². The number of halogens is 1. The zero-order valence-corrected chi connectivity index (χ0v) is 19.5. The number of para-hydroxylation sites is 1. The quantitative estimate of drug-likeness (QED) is 0.291. The summed E-state index contributed by atoms with van der Waals surface area (Å²) in [5, 5.41) is 3.85. The predicted octanol–water partition coefficient (Wildman–Crippen LogP) is 4.04. The summed E-state index contributed by atoms with van der Waals surface area (Å²) in [6.45, 7) is 0.734. The van der Waals surface area contributed by atoms with Gasteiger partial charge in [0.2, 0.25) is 5.91 Å². The lowest BCUT2D eigenvalue weighted by molar-refractivity contribution is -0.118. The van der Waals surface area contributed by atoms with Crippen LogP contribution >= 0.6 is 11.8 Å². The van der Waals surface area contributed by atoms with E-state index in [0.29, 0.717) is 29.0 Å². The number of amides is 1. The van der Waals surface area contributed by atoms with E-state index in [1.54, 1.807) is 37.4 Å². The molecule has 34 heavy (non-hydrogen) atoms. The molecular formula is C26H24FN3O3S. The maximum absolute atomic E-state index is 13.3. The van der Waals surface area contributed by atoms with Crippen molar-refractivity contribution in [3.05, 3.63) is 100 Å². The molecule has 0 aliphatic carbocycles. The Balaban J connectivity index is 1.44. The number of rotatable bonds is 9. The smallest absolute Gasteiger partial charge is 0.262 e. The predicted molar refractivity (Wildman–Crippen MR) is 132 cm³/mol. The number of hydrogen-bond acceptors (Lipinski definition) is 5. The van der Waals surface area contributed by atoms with E-state index in [0.717, 1.165) is 16.9 Å². The fourth-order valence-electron chi connectivity index (χ4n) is 3.49. The second kappa shape index (κ2) is 11.0. The summed E-state index contributed by atoms with van der Waals surface area (Å²) in [4.78, 5) is 30.2. The van der Waals surface area contributed by atoms with E-state index in [2.05, 4.69) is 10.3 Å². The first-order valence-electron chi connectivity index (χ1n) is 10.8. The molecule has 0 spiro atoms. The molecular weight excluding hydrogens is 453 g/mol. The van der Waals surface area contributed by atoms with Gasteiger partial charge >= 0.3 is 0 Å². The van der Waals surface area contributed by atoms with Crippen LogP contribution in [0.3, 0.4) is 0 Å². The van der Waals surface area contributed by atoms with Crippen LogP contribution in [0, 0.1) is 5.82 Å². The summed E-state index contributed by atoms with van der Waals surface area (Å²) >= 11 is 1.21. The fraction of sp³-hybridized carbons (Fsp3) is 0.192. The Morgan fingerprint density at radius 3 is 2.47 bits per heavy atom. The molecule has 0 aliphatic heterocycles. The number of fused-ring (bicyclic) bond motifs is 1. The third kappa shape index (κ3) is 5.82. The van der Waals surface area contributed by atoms with Crippen LogP contribution in [0.5, 0.6) is 5.75 Å². The zero-order valence-electron chi connectivity index (χ0n) is 18.7. The lowest BCUT2D eigenvalue weighted by Gasteiger charge is -2.13. The van der Waals surface area contributed by atoms with Crippen LogP contribution in [0.25, 0.3) is 10.9 Å². The summed E-state index contributed by atoms with van der Waals surface area (Å²) in [6, 6.07) is 20.8. The summed E-state index contributed by atoms with van der Waals surface area (Å²) in [5.41, 5.74) is 2.24. The highest BCUT2D eigenvalue weighted by atomic mass is 32.2. The molecule has 1 N–H and O–H groups in total. The zero-order chi connectivity index (χ0) is 23.9. The van der Waals surface area contributed by atoms with Crippen LogP contribution in [0.4, 0.5) is 4.39 Å². The molecule has 4 aromatic rings. The van der Waals surface area contributed by atoms with Gasteiger partial charge in [-0.15, -0.1) is 0 Å². The maximum atomic E-state index is 13.3. The Hall–Kier alpha value is -3.65. The molecule has 174 valence electrons. The van der Waals surface area contributed by atoms with Crippen molar-refractivity contribution in [1.82, 2.24) is 14.9 Å². The van der Waals surface area contributed by atoms with Crippen molar-refractivity contribution in [3.63, 3.8) is 0 Å². The number of nitrogens with one attached hydrogen (secondary N) is 1. The molecule has 3 aromatic carbocycles. The van der Waals surface area contributed by atoms with Gasteiger partial charge in [0, 0.05) is 6.54 Å². The maximum Gasteiger partial charge on any atom is 0.262 e. The van der Waals surface area contributed by atoms with Gasteiger partial charge in [-0.1, -0.05) is 48.2 Å². The summed E-state index contributed by atoms with van der Waals surface area (Å²) < 4.78 is 20.0. The number of hydrogen-bond donors (Lipinski definition) is 1. The number of thioether (sulfide) groups is 1. The van der Waals surface area contributed by atoms with Gasteiger partial charge in [-0.2, -0.15) is 0 Å². The highest BCUT2D eigenvalue weighted by Gasteiger charge is 2.14. The van der Waals surface area contributed by atoms with E-state index in [9.17, 15) is 14.0 Å². The molecule has 4 rings (SSSR count). The fourth-order valence-corrected chi connectivity index (χ4v) is 4.32. The van der Waals surface area contributed by atoms with E-state index in [4.69, 9.17) is 4.74 Å². The molecule has 8 heteroatoms. The largest absolute Gasteiger partial charge is 0.497 e. The third-order valence-electron chi connectivity index (χ3n) is 5.31. The Kier molecular flexibility index (Phi) is 7.59. The molecule has 0 radical (unpaired) electrons. The van der Waals surface area contributed by atoms with Crippen LogP contribution in [-0.4, -0.2) is 34.9 Å². The molecule has 0 bridgehead atoms. The molecule has 1 aromatic heterocycles. The molecule has 0 saturated heterocycles. The van der Waals surface area contributed by atoms with Gasteiger partial charge in [-0.25, -0.2) is 9.37 Å². The van der Waals surface area contributed by atoms with Gasteiger partial charge in [-0.3, -0.25) is 14.2 Å². The van der Waals surface area contributed by atoms with E-state index >= 15 is 0 Å². The molecule has 0 saturated carbocycles. The standard InChI is InChI=1S/C26H24FN3O3S/c1-33-21-12-8-18(9-13-21)14-15-28-24(31)17-34-26-29-23-5-3-2-4-22(23)25(32)30(26)16-19-6-10-20(27)11-7-19/h2-13H,14-17H2,1H3,(H,28,31). The van der Waals surface area contributed by atoms with E-state index in [1.165, 1.54) is 28.5 Å². The second-order valence-electron chi connectivity index (χ2n) is 7.67. The summed E-state index contributed by atoms with van der Waals surface area (Å²) in [7, 11) is 1.62. The number of ether oxygens (including phenoxy) is 1. The molecule has 6 nitrogen and oxygen atoms in total. The SMILES string of the molecule is COc1ccc(CCNC(=O)CSc2nc3ccccc3c(=O)n2Cc2ccc(F)cc2)cc1. The molecule has 0 fully saturated rings. The van der Waals surface area contributed by atoms with Crippen molar-refractivity contribution < 1.29 is 13.9 Å². The van der Waals surface area contributed by atoms with Crippen LogP contribution < -0.4 is 15.6 Å². The van der Waals surface area contributed by atoms with Gasteiger partial charge in [0.25, 0.3) is 5.56 Å². The highest BCUT2D eigenvalue weighted by molar-refractivity contribution is 7.99. The minimum absolute atomic E-state index is 0.122.